The van der Waals surface area contributed by atoms with Crippen molar-refractivity contribution in [2.24, 2.45) is 5.92 Å². The summed E-state index contributed by atoms with van der Waals surface area (Å²) in [4.78, 5) is 16.5. The molecule has 0 fully saturated rings. The fourth-order valence-corrected chi connectivity index (χ4v) is 2.35. The zero-order valence-electron chi connectivity index (χ0n) is 12.1. The second-order valence-electron chi connectivity index (χ2n) is 4.42. The summed E-state index contributed by atoms with van der Waals surface area (Å²) in [6.07, 6.45) is 0. The SMILES string of the molecule is COCCNc1nc(N)c(C(=O)NCC(C)COC)s1. The molecule has 0 spiro atoms. The number of amides is 1. The van der Waals surface area contributed by atoms with Gasteiger partial charge in [-0.3, -0.25) is 4.79 Å². The molecule has 20 heavy (non-hydrogen) atoms. The largest absolute Gasteiger partial charge is 0.384 e. The first-order chi connectivity index (χ1) is 9.58. The van der Waals surface area contributed by atoms with Crippen molar-refractivity contribution < 1.29 is 14.3 Å². The number of nitrogens with one attached hydrogen (secondary N) is 2. The number of methoxy groups -OCH3 is 2. The summed E-state index contributed by atoms with van der Waals surface area (Å²) in [6.45, 7) is 4.32. The van der Waals surface area contributed by atoms with E-state index in [9.17, 15) is 4.79 Å². The van der Waals surface area contributed by atoms with Crippen LogP contribution >= 0.6 is 11.3 Å². The van der Waals surface area contributed by atoms with Gasteiger partial charge in [-0.05, 0) is 5.92 Å². The average Bonchev–Trinajstić information content (AvgIpc) is 2.78. The number of carbonyl (C=O) groups is 1. The lowest BCUT2D eigenvalue weighted by Gasteiger charge is -2.10. The van der Waals surface area contributed by atoms with Gasteiger partial charge in [0.1, 0.15) is 10.7 Å². The van der Waals surface area contributed by atoms with E-state index in [1.165, 1.54) is 11.3 Å². The van der Waals surface area contributed by atoms with Crippen molar-refractivity contribution >= 4 is 28.2 Å². The fourth-order valence-electron chi connectivity index (χ4n) is 1.52. The van der Waals surface area contributed by atoms with E-state index in [1.54, 1.807) is 14.2 Å². The van der Waals surface area contributed by atoms with Gasteiger partial charge in [0.15, 0.2) is 5.13 Å². The van der Waals surface area contributed by atoms with Gasteiger partial charge >= 0.3 is 0 Å². The normalized spacial score (nSPS) is 12.2. The number of nitrogens with two attached hydrogens (primary N) is 1. The van der Waals surface area contributed by atoms with Gasteiger partial charge in [-0.15, -0.1) is 0 Å². The summed E-state index contributed by atoms with van der Waals surface area (Å²) in [6, 6.07) is 0. The summed E-state index contributed by atoms with van der Waals surface area (Å²) >= 11 is 1.24. The molecule has 4 N–H and O–H groups in total. The Hall–Kier alpha value is -1.38. The number of nitrogen functional groups attached to an aromatic ring is 1. The van der Waals surface area contributed by atoms with Gasteiger partial charge in [0.25, 0.3) is 5.91 Å². The van der Waals surface area contributed by atoms with Gasteiger partial charge in [0.05, 0.1) is 13.2 Å². The first kappa shape index (κ1) is 16.7. The molecule has 1 unspecified atom stereocenters. The molecule has 0 aliphatic rings. The van der Waals surface area contributed by atoms with Crippen molar-refractivity contribution in [2.45, 2.75) is 6.92 Å². The molecule has 0 saturated heterocycles. The number of hydrogen-bond acceptors (Lipinski definition) is 7. The van der Waals surface area contributed by atoms with E-state index in [-0.39, 0.29) is 17.6 Å². The van der Waals surface area contributed by atoms with Gasteiger partial charge < -0.3 is 25.8 Å². The maximum absolute atomic E-state index is 12.0. The van der Waals surface area contributed by atoms with Crippen molar-refractivity contribution in [1.29, 1.82) is 0 Å². The first-order valence-corrected chi connectivity index (χ1v) is 7.16. The van der Waals surface area contributed by atoms with Gasteiger partial charge in [-0.25, -0.2) is 4.98 Å². The van der Waals surface area contributed by atoms with Crippen molar-refractivity contribution in [3.05, 3.63) is 4.88 Å². The third kappa shape index (κ3) is 5.32. The van der Waals surface area contributed by atoms with Crippen molar-refractivity contribution in [1.82, 2.24) is 10.3 Å². The number of hydrogen-bond donors (Lipinski definition) is 3. The lowest BCUT2D eigenvalue weighted by atomic mass is 10.2. The molecule has 0 radical (unpaired) electrons. The third-order valence-electron chi connectivity index (χ3n) is 2.50. The molecular weight excluding hydrogens is 280 g/mol. The van der Waals surface area contributed by atoms with Crippen LogP contribution in [0.15, 0.2) is 0 Å². The summed E-state index contributed by atoms with van der Waals surface area (Å²) in [5.41, 5.74) is 5.75. The molecule has 1 aromatic rings. The maximum Gasteiger partial charge on any atom is 0.265 e. The van der Waals surface area contributed by atoms with Crippen LogP contribution in [-0.2, 0) is 9.47 Å². The van der Waals surface area contributed by atoms with Crippen LogP contribution < -0.4 is 16.4 Å². The molecule has 0 aliphatic carbocycles. The maximum atomic E-state index is 12.0. The molecule has 7 nitrogen and oxygen atoms in total. The number of thiazole rings is 1. The van der Waals surface area contributed by atoms with E-state index in [0.717, 1.165) is 0 Å². The minimum Gasteiger partial charge on any atom is -0.384 e. The molecule has 0 bridgehead atoms. The van der Waals surface area contributed by atoms with Crippen LogP contribution in [0.5, 0.6) is 0 Å². The average molecular weight is 302 g/mol. The van der Waals surface area contributed by atoms with Crippen molar-refractivity contribution in [2.75, 3.05) is 51.6 Å². The van der Waals surface area contributed by atoms with Gasteiger partial charge in [-0.1, -0.05) is 18.3 Å². The number of nitrogens with zero attached hydrogens (tertiary/aromatic N) is 1. The highest BCUT2D eigenvalue weighted by atomic mass is 32.1. The van der Waals surface area contributed by atoms with E-state index in [0.29, 0.717) is 36.3 Å². The molecule has 114 valence electrons. The van der Waals surface area contributed by atoms with E-state index < -0.39 is 0 Å². The molecule has 1 rings (SSSR count). The van der Waals surface area contributed by atoms with Crippen LogP contribution in [0.25, 0.3) is 0 Å². The monoisotopic (exact) mass is 302 g/mol. The van der Waals surface area contributed by atoms with Crippen LogP contribution in [0.3, 0.4) is 0 Å². The number of anilines is 2. The number of ether oxygens (including phenoxy) is 2. The van der Waals surface area contributed by atoms with Gasteiger partial charge in [0.2, 0.25) is 0 Å². The van der Waals surface area contributed by atoms with E-state index in [4.69, 9.17) is 15.2 Å². The van der Waals surface area contributed by atoms with Crippen molar-refractivity contribution in [3.63, 3.8) is 0 Å². The standard InChI is InChI=1S/C12H22N4O3S/c1-8(7-19-3)6-15-11(17)9-10(13)16-12(20-9)14-4-5-18-2/h8H,4-7,13H2,1-3H3,(H,14,16)(H,15,17). The highest BCUT2D eigenvalue weighted by molar-refractivity contribution is 7.18. The Morgan fingerprint density at radius 3 is 2.85 bits per heavy atom. The highest BCUT2D eigenvalue weighted by Crippen LogP contribution is 2.24. The van der Waals surface area contributed by atoms with Crippen LogP contribution in [-0.4, -0.2) is 51.4 Å². The summed E-state index contributed by atoms with van der Waals surface area (Å²) in [5.74, 6) is 0.284. The third-order valence-corrected chi connectivity index (χ3v) is 3.53. The topological polar surface area (TPSA) is 98.5 Å². The van der Waals surface area contributed by atoms with Gasteiger partial charge in [-0.2, -0.15) is 0 Å². The van der Waals surface area contributed by atoms with Crippen LogP contribution in [0.4, 0.5) is 10.9 Å². The van der Waals surface area contributed by atoms with Crippen molar-refractivity contribution in [3.8, 4) is 0 Å². The predicted octanol–water partition coefficient (Wildman–Crippen LogP) is 0.796. The zero-order valence-corrected chi connectivity index (χ0v) is 12.9. The van der Waals surface area contributed by atoms with Crippen LogP contribution in [0.2, 0.25) is 0 Å². The quantitative estimate of drug-likeness (QED) is 0.584. The molecule has 1 amide bonds. The molecule has 0 aliphatic heterocycles. The lowest BCUT2D eigenvalue weighted by Crippen LogP contribution is -2.29. The minimum absolute atomic E-state index is 0.206. The molecule has 0 saturated carbocycles. The van der Waals surface area contributed by atoms with Crippen LogP contribution in [0, 0.1) is 5.92 Å². The molecule has 0 aromatic carbocycles. The Labute approximate surface area is 122 Å². The Morgan fingerprint density at radius 2 is 2.20 bits per heavy atom. The molecular formula is C12H22N4O3S. The van der Waals surface area contributed by atoms with Gasteiger partial charge in [0, 0.05) is 27.3 Å². The predicted molar refractivity (Wildman–Crippen MR) is 80.3 cm³/mol. The molecule has 8 heteroatoms. The minimum atomic E-state index is -0.206. The smallest absolute Gasteiger partial charge is 0.265 e. The molecule has 1 heterocycles. The highest BCUT2D eigenvalue weighted by Gasteiger charge is 2.16. The lowest BCUT2D eigenvalue weighted by molar-refractivity contribution is 0.0939. The van der Waals surface area contributed by atoms with E-state index in [2.05, 4.69) is 15.6 Å². The van der Waals surface area contributed by atoms with Crippen LogP contribution in [0.1, 0.15) is 16.6 Å². The second-order valence-corrected chi connectivity index (χ2v) is 5.42. The summed E-state index contributed by atoms with van der Waals surface area (Å²) in [5, 5.41) is 6.49. The number of carbonyl (C=O) groups excluding carboxylic acids is 1. The Kier molecular flexibility index (Phi) is 7.27. The van der Waals surface area contributed by atoms with E-state index >= 15 is 0 Å². The number of aromatic nitrogens is 1. The first-order valence-electron chi connectivity index (χ1n) is 6.34. The summed E-state index contributed by atoms with van der Waals surface area (Å²) in [7, 11) is 3.26. The fraction of sp³-hybridized carbons (Fsp3) is 0.667. The Bertz CT molecular complexity index is 425. The molecule has 1 aromatic heterocycles. The summed E-state index contributed by atoms with van der Waals surface area (Å²) < 4.78 is 9.94. The molecule has 1 atom stereocenters. The Balaban J connectivity index is 2.51. The Morgan fingerprint density at radius 1 is 1.45 bits per heavy atom. The second kappa shape index (κ2) is 8.72. The zero-order chi connectivity index (χ0) is 15.0. The van der Waals surface area contributed by atoms with E-state index in [1.807, 2.05) is 6.92 Å². The number of rotatable bonds is 9.